The Morgan fingerprint density at radius 2 is 2.35 bits per heavy atom. The lowest BCUT2D eigenvalue weighted by Crippen LogP contribution is -2.26. The molecule has 0 radical (unpaired) electrons. The van der Waals surface area contributed by atoms with Gasteiger partial charge in [-0.15, -0.1) is 0 Å². The maximum Gasteiger partial charge on any atom is 0.121 e. The smallest absolute Gasteiger partial charge is 0.121 e. The summed E-state index contributed by atoms with van der Waals surface area (Å²) in [5.41, 5.74) is 1.11. The number of anilines is 1. The Bertz CT molecular complexity index is 354. The van der Waals surface area contributed by atoms with Gasteiger partial charge in [0.2, 0.25) is 0 Å². The normalized spacial score (nSPS) is 23.6. The first-order chi connectivity index (χ1) is 8.29. The standard InChI is InChI=1S/C14H21NO2/c1-3-8-17-13-6-4-5-12(10-13)15-14-7-9-16-11(14)2/h4-6,10-11,14-15H,3,7-9H2,1-2H3. The van der Waals surface area contributed by atoms with Crippen molar-refractivity contribution >= 4 is 5.69 Å². The fourth-order valence-electron chi connectivity index (χ4n) is 2.03. The average molecular weight is 235 g/mol. The van der Waals surface area contributed by atoms with Crippen LogP contribution in [-0.4, -0.2) is 25.4 Å². The van der Waals surface area contributed by atoms with Gasteiger partial charge in [0, 0.05) is 18.4 Å². The highest BCUT2D eigenvalue weighted by Gasteiger charge is 2.23. The number of rotatable bonds is 5. The first kappa shape index (κ1) is 12.2. The van der Waals surface area contributed by atoms with E-state index in [1.165, 1.54) is 0 Å². The summed E-state index contributed by atoms with van der Waals surface area (Å²) in [4.78, 5) is 0. The van der Waals surface area contributed by atoms with E-state index in [0.717, 1.165) is 37.5 Å². The van der Waals surface area contributed by atoms with Crippen molar-refractivity contribution in [1.29, 1.82) is 0 Å². The number of hydrogen-bond acceptors (Lipinski definition) is 3. The van der Waals surface area contributed by atoms with Crippen molar-refractivity contribution in [2.75, 3.05) is 18.5 Å². The van der Waals surface area contributed by atoms with Gasteiger partial charge in [-0.3, -0.25) is 0 Å². The molecule has 2 atom stereocenters. The van der Waals surface area contributed by atoms with E-state index < -0.39 is 0 Å². The third-order valence-corrected chi connectivity index (χ3v) is 3.04. The highest BCUT2D eigenvalue weighted by molar-refractivity contribution is 5.49. The Morgan fingerprint density at radius 1 is 1.47 bits per heavy atom. The Balaban J connectivity index is 1.95. The van der Waals surface area contributed by atoms with E-state index in [-0.39, 0.29) is 6.10 Å². The van der Waals surface area contributed by atoms with Gasteiger partial charge in [0.05, 0.1) is 18.8 Å². The van der Waals surface area contributed by atoms with Crippen molar-refractivity contribution in [1.82, 2.24) is 0 Å². The van der Waals surface area contributed by atoms with E-state index in [0.29, 0.717) is 6.04 Å². The molecule has 1 aliphatic heterocycles. The summed E-state index contributed by atoms with van der Waals surface area (Å²) in [6.45, 7) is 5.85. The third kappa shape index (κ3) is 3.37. The van der Waals surface area contributed by atoms with Crippen LogP contribution in [0.3, 0.4) is 0 Å². The molecule has 1 aromatic rings. The van der Waals surface area contributed by atoms with Crippen LogP contribution in [0, 0.1) is 0 Å². The van der Waals surface area contributed by atoms with Gasteiger partial charge in [-0.1, -0.05) is 13.0 Å². The van der Waals surface area contributed by atoms with Crippen molar-refractivity contribution in [3.05, 3.63) is 24.3 Å². The summed E-state index contributed by atoms with van der Waals surface area (Å²) in [5, 5.41) is 3.50. The van der Waals surface area contributed by atoms with Gasteiger partial charge in [-0.05, 0) is 31.9 Å². The van der Waals surface area contributed by atoms with Crippen LogP contribution in [0.1, 0.15) is 26.7 Å². The number of hydrogen-bond donors (Lipinski definition) is 1. The molecule has 1 fully saturated rings. The van der Waals surface area contributed by atoms with Gasteiger partial charge >= 0.3 is 0 Å². The molecule has 1 aliphatic rings. The first-order valence-electron chi connectivity index (χ1n) is 6.40. The van der Waals surface area contributed by atoms with Crippen LogP contribution in [0.15, 0.2) is 24.3 Å². The van der Waals surface area contributed by atoms with Crippen molar-refractivity contribution in [2.24, 2.45) is 0 Å². The predicted octanol–water partition coefficient (Wildman–Crippen LogP) is 3.06. The summed E-state index contributed by atoms with van der Waals surface area (Å²) in [5.74, 6) is 0.934. The minimum atomic E-state index is 0.287. The molecule has 0 aliphatic carbocycles. The number of ether oxygens (including phenoxy) is 2. The second-order valence-corrected chi connectivity index (χ2v) is 4.49. The largest absolute Gasteiger partial charge is 0.494 e. The Morgan fingerprint density at radius 3 is 3.06 bits per heavy atom. The van der Waals surface area contributed by atoms with Gasteiger partial charge in [0.25, 0.3) is 0 Å². The van der Waals surface area contributed by atoms with Gasteiger partial charge in [0.1, 0.15) is 5.75 Å². The van der Waals surface area contributed by atoms with Crippen LogP contribution in [0.25, 0.3) is 0 Å². The van der Waals surface area contributed by atoms with E-state index >= 15 is 0 Å². The summed E-state index contributed by atoms with van der Waals surface area (Å²) < 4.78 is 11.2. The molecule has 2 unspecified atom stereocenters. The molecule has 1 heterocycles. The molecule has 2 rings (SSSR count). The number of nitrogens with one attached hydrogen (secondary N) is 1. The molecule has 0 saturated carbocycles. The molecule has 1 N–H and O–H groups in total. The molecule has 1 aromatic carbocycles. The zero-order valence-corrected chi connectivity index (χ0v) is 10.6. The monoisotopic (exact) mass is 235 g/mol. The van der Waals surface area contributed by atoms with E-state index in [9.17, 15) is 0 Å². The number of benzene rings is 1. The quantitative estimate of drug-likeness (QED) is 0.850. The van der Waals surface area contributed by atoms with E-state index in [1.54, 1.807) is 0 Å². The van der Waals surface area contributed by atoms with E-state index in [2.05, 4.69) is 31.3 Å². The van der Waals surface area contributed by atoms with Crippen LogP contribution in [0.2, 0.25) is 0 Å². The van der Waals surface area contributed by atoms with Crippen LogP contribution in [0.4, 0.5) is 5.69 Å². The fraction of sp³-hybridized carbons (Fsp3) is 0.571. The lowest BCUT2D eigenvalue weighted by atomic mass is 10.1. The molecule has 0 aromatic heterocycles. The molecular weight excluding hydrogens is 214 g/mol. The van der Waals surface area contributed by atoms with Crippen molar-refractivity contribution in [3.8, 4) is 5.75 Å². The van der Waals surface area contributed by atoms with Gasteiger partial charge in [0.15, 0.2) is 0 Å². The van der Waals surface area contributed by atoms with E-state index in [4.69, 9.17) is 9.47 Å². The summed E-state index contributed by atoms with van der Waals surface area (Å²) in [7, 11) is 0. The highest BCUT2D eigenvalue weighted by atomic mass is 16.5. The molecule has 17 heavy (non-hydrogen) atoms. The zero-order valence-electron chi connectivity index (χ0n) is 10.6. The zero-order chi connectivity index (χ0) is 12.1. The van der Waals surface area contributed by atoms with Crippen LogP contribution in [0.5, 0.6) is 5.75 Å². The second kappa shape index (κ2) is 5.92. The van der Waals surface area contributed by atoms with Crippen molar-refractivity contribution in [3.63, 3.8) is 0 Å². The summed E-state index contributed by atoms with van der Waals surface area (Å²) in [6, 6.07) is 8.56. The Kier molecular flexibility index (Phi) is 4.26. The van der Waals surface area contributed by atoms with Gasteiger partial charge in [-0.2, -0.15) is 0 Å². The van der Waals surface area contributed by atoms with Crippen molar-refractivity contribution in [2.45, 2.75) is 38.8 Å². The molecule has 3 heteroatoms. The third-order valence-electron chi connectivity index (χ3n) is 3.04. The predicted molar refractivity (Wildman–Crippen MR) is 69.7 cm³/mol. The topological polar surface area (TPSA) is 30.5 Å². The molecule has 0 amide bonds. The van der Waals surface area contributed by atoms with Gasteiger partial charge < -0.3 is 14.8 Å². The maximum absolute atomic E-state index is 5.62. The Labute approximate surface area is 103 Å². The van der Waals surface area contributed by atoms with E-state index in [1.807, 2.05) is 12.1 Å². The first-order valence-corrected chi connectivity index (χ1v) is 6.40. The fourth-order valence-corrected chi connectivity index (χ4v) is 2.03. The minimum Gasteiger partial charge on any atom is -0.494 e. The summed E-state index contributed by atoms with van der Waals surface area (Å²) in [6.07, 6.45) is 2.39. The second-order valence-electron chi connectivity index (χ2n) is 4.49. The molecule has 0 bridgehead atoms. The highest BCUT2D eigenvalue weighted by Crippen LogP contribution is 2.22. The van der Waals surface area contributed by atoms with Crippen LogP contribution < -0.4 is 10.1 Å². The molecule has 3 nitrogen and oxygen atoms in total. The summed E-state index contributed by atoms with van der Waals surface area (Å²) >= 11 is 0. The molecule has 1 saturated heterocycles. The minimum absolute atomic E-state index is 0.287. The average Bonchev–Trinajstić information content (AvgIpc) is 2.73. The molecular formula is C14H21NO2. The van der Waals surface area contributed by atoms with Crippen LogP contribution in [-0.2, 0) is 4.74 Å². The lowest BCUT2D eigenvalue weighted by molar-refractivity contribution is 0.121. The molecule has 94 valence electrons. The molecule has 0 spiro atoms. The lowest BCUT2D eigenvalue weighted by Gasteiger charge is -2.17. The van der Waals surface area contributed by atoms with Crippen LogP contribution >= 0.6 is 0 Å². The maximum atomic E-state index is 5.62. The van der Waals surface area contributed by atoms with Crippen molar-refractivity contribution < 1.29 is 9.47 Å². The Hall–Kier alpha value is -1.22. The SMILES string of the molecule is CCCOc1cccc(NC2CCOC2C)c1. The van der Waals surface area contributed by atoms with Gasteiger partial charge in [-0.25, -0.2) is 0 Å².